The van der Waals surface area contributed by atoms with Gasteiger partial charge in [-0.15, -0.1) is 0 Å². The Kier molecular flexibility index (Phi) is 6.64. The summed E-state index contributed by atoms with van der Waals surface area (Å²) in [6, 6.07) is 10.8. The lowest BCUT2D eigenvalue weighted by Crippen LogP contribution is -2.51. The number of hydrogen-bond acceptors (Lipinski definition) is 4. The quantitative estimate of drug-likeness (QED) is 0.422. The largest absolute Gasteiger partial charge is 0.490 e. The van der Waals surface area contributed by atoms with Crippen LogP contribution in [0.4, 0.5) is 30.6 Å². The third-order valence-corrected chi connectivity index (χ3v) is 9.07. The number of halogens is 3. The lowest BCUT2D eigenvalue weighted by Gasteiger charge is -2.37. The van der Waals surface area contributed by atoms with Crippen LogP contribution in [0.1, 0.15) is 48.9 Å². The minimum absolute atomic E-state index is 0.0160. The normalized spacial score (nSPS) is 21.5. The van der Waals surface area contributed by atoms with Crippen molar-refractivity contribution >= 4 is 51.6 Å². The molecule has 1 spiro atoms. The van der Waals surface area contributed by atoms with Crippen LogP contribution in [0, 0.1) is 8.99 Å². The van der Waals surface area contributed by atoms with E-state index >= 15 is 0 Å². The molecular weight excluding hydrogens is 605 g/mol. The Morgan fingerprint density at radius 3 is 2.32 bits per heavy atom. The van der Waals surface area contributed by atoms with Gasteiger partial charge in [0, 0.05) is 48.3 Å². The molecule has 10 heteroatoms. The molecule has 3 heterocycles. The lowest BCUT2D eigenvalue weighted by atomic mass is 9.93. The van der Waals surface area contributed by atoms with Crippen molar-refractivity contribution in [3.63, 3.8) is 0 Å². The van der Waals surface area contributed by atoms with Crippen LogP contribution in [0.2, 0.25) is 0 Å². The van der Waals surface area contributed by atoms with Crippen molar-refractivity contribution in [2.75, 3.05) is 54.4 Å². The second-order valence-electron chi connectivity index (χ2n) is 10.9. The van der Waals surface area contributed by atoms with Gasteiger partial charge in [0.15, 0.2) is 0 Å². The van der Waals surface area contributed by atoms with Gasteiger partial charge in [0.25, 0.3) is 11.8 Å². The van der Waals surface area contributed by atoms with E-state index in [1.54, 1.807) is 23.1 Å². The molecule has 0 aromatic heterocycles. The standard InChI is InChI=1S/C28H31F2IN4O3/c29-28(30)9-13-34(14-10-28)26(37)35-15-16-38-24-4-2-20(18-23(24)35)32-25(36)21-3-1-19(31)17-22(21)33-11-7-27(5-6-27)8-12-33/h1-4,17-18H,5-16H2,(H,32,36). The highest BCUT2D eigenvalue weighted by Gasteiger charge is 2.44. The molecule has 4 aliphatic rings. The van der Waals surface area contributed by atoms with Crippen LogP contribution in [0.5, 0.6) is 5.75 Å². The number of nitrogens with zero attached hydrogens (tertiary/aromatic N) is 3. The highest BCUT2D eigenvalue weighted by atomic mass is 127. The molecule has 3 fully saturated rings. The van der Waals surface area contributed by atoms with Gasteiger partial charge in [-0.2, -0.15) is 0 Å². The predicted molar refractivity (Wildman–Crippen MR) is 151 cm³/mol. The van der Waals surface area contributed by atoms with Gasteiger partial charge in [0.2, 0.25) is 0 Å². The molecule has 1 N–H and O–H groups in total. The zero-order valence-corrected chi connectivity index (χ0v) is 23.3. The van der Waals surface area contributed by atoms with Crippen LogP contribution < -0.4 is 19.9 Å². The summed E-state index contributed by atoms with van der Waals surface area (Å²) in [5.41, 5.74) is 3.19. The molecule has 2 aromatic carbocycles. The van der Waals surface area contributed by atoms with Crippen molar-refractivity contribution in [3.8, 4) is 5.75 Å². The van der Waals surface area contributed by atoms with E-state index in [1.165, 1.54) is 30.6 Å². The third-order valence-electron chi connectivity index (χ3n) is 8.40. The number of anilines is 3. The van der Waals surface area contributed by atoms with E-state index in [9.17, 15) is 18.4 Å². The first-order valence-electron chi connectivity index (χ1n) is 13.3. The average molecular weight is 636 g/mol. The Bertz CT molecular complexity index is 1250. The molecule has 0 radical (unpaired) electrons. The monoisotopic (exact) mass is 636 g/mol. The SMILES string of the molecule is O=C(Nc1ccc2c(c1)N(C(=O)N1CCC(F)(F)CC1)CCO2)c1ccc(I)cc1N1CCC2(CC1)CC2. The molecule has 0 atom stereocenters. The van der Waals surface area contributed by atoms with Gasteiger partial charge in [0.05, 0.1) is 23.5 Å². The highest BCUT2D eigenvalue weighted by Crippen LogP contribution is 2.54. The van der Waals surface area contributed by atoms with E-state index in [0.717, 1.165) is 22.3 Å². The number of alkyl halides is 2. The lowest BCUT2D eigenvalue weighted by molar-refractivity contribution is -0.0465. The molecule has 0 bridgehead atoms. The van der Waals surface area contributed by atoms with Gasteiger partial charge < -0.3 is 19.9 Å². The summed E-state index contributed by atoms with van der Waals surface area (Å²) in [6.07, 6.45) is 4.33. The van der Waals surface area contributed by atoms with Crippen LogP contribution in [-0.4, -0.2) is 62.1 Å². The predicted octanol–water partition coefficient (Wildman–Crippen LogP) is 5.97. The van der Waals surface area contributed by atoms with Crippen LogP contribution in [0.3, 0.4) is 0 Å². The van der Waals surface area contributed by atoms with Crippen LogP contribution in [0.15, 0.2) is 36.4 Å². The summed E-state index contributed by atoms with van der Waals surface area (Å²) < 4.78 is 34.1. The molecule has 38 heavy (non-hydrogen) atoms. The van der Waals surface area contributed by atoms with E-state index in [-0.39, 0.29) is 37.9 Å². The van der Waals surface area contributed by atoms with E-state index in [4.69, 9.17) is 4.74 Å². The fourth-order valence-corrected chi connectivity index (χ4v) is 6.22. The van der Waals surface area contributed by atoms with Crippen LogP contribution in [0.25, 0.3) is 0 Å². The highest BCUT2D eigenvalue weighted by molar-refractivity contribution is 14.1. The molecular formula is C28H31F2IN4O3. The second kappa shape index (κ2) is 9.84. The molecule has 3 aliphatic heterocycles. The molecule has 3 amide bonds. The number of nitrogens with one attached hydrogen (secondary N) is 1. The zero-order valence-electron chi connectivity index (χ0n) is 21.1. The van der Waals surface area contributed by atoms with E-state index in [0.29, 0.717) is 41.3 Å². The van der Waals surface area contributed by atoms with Crippen molar-refractivity contribution in [2.24, 2.45) is 5.41 Å². The number of hydrogen-bond donors (Lipinski definition) is 1. The van der Waals surface area contributed by atoms with Gasteiger partial charge in [-0.25, -0.2) is 13.6 Å². The fraction of sp³-hybridized carbons (Fsp3) is 0.500. The Morgan fingerprint density at radius 1 is 0.868 bits per heavy atom. The number of rotatable bonds is 3. The average Bonchev–Trinajstić information content (AvgIpc) is 3.66. The van der Waals surface area contributed by atoms with Crippen molar-refractivity contribution in [1.29, 1.82) is 0 Å². The maximum Gasteiger partial charge on any atom is 0.324 e. The van der Waals surface area contributed by atoms with Crippen molar-refractivity contribution in [3.05, 3.63) is 45.5 Å². The summed E-state index contributed by atoms with van der Waals surface area (Å²) in [6.45, 7) is 2.57. The molecule has 0 unspecified atom stereocenters. The molecule has 1 aliphatic carbocycles. The third kappa shape index (κ3) is 5.15. The number of fused-ring (bicyclic) bond motifs is 1. The second-order valence-corrected chi connectivity index (χ2v) is 12.2. The van der Waals surface area contributed by atoms with Gasteiger partial charge in [-0.3, -0.25) is 9.69 Å². The van der Waals surface area contributed by atoms with Crippen molar-refractivity contribution in [2.45, 2.75) is 44.4 Å². The number of urea groups is 1. The summed E-state index contributed by atoms with van der Waals surface area (Å²) in [5.74, 6) is -2.41. The van der Waals surface area contributed by atoms with E-state index in [1.807, 2.05) is 12.1 Å². The van der Waals surface area contributed by atoms with Crippen LogP contribution >= 0.6 is 22.6 Å². The zero-order chi connectivity index (χ0) is 26.5. The molecule has 7 nitrogen and oxygen atoms in total. The maximum absolute atomic E-state index is 13.6. The van der Waals surface area contributed by atoms with Crippen molar-refractivity contribution < 1.29 is 23.1 Å². The molecule has 202 valence electrons. The Balaban J connectivity index is 1.20. The molecule has 2 aromatic rings. The number of piperidine rings is 2. The summed E-state index contributed by atoms with van der Waals surface area (Å²) in [5, 5.41) is 3.01. The summed E-state index contributed by atoms with van der Waals surface area (Å²) in [7, 11) is 0. The fourth-order valence-electron chi connectivity index (χ4n) is 5.75. The smallest absolute Gasteiger partial charge is 0.324 e. The molecule has 1 saturated carbocycles. The van der Waals surface area contributed by atoms with Crippen molar-refractivity contribution in [1.82, 2.24) is 4.90 Å². The molecule has 6 rings (SSSR count). The first-order valence-corrected chi connectivity index (χ1v) is 14.4. The maximum atomic E-state index is 13.6. The summed E-state index contributed by atoms with van der Waals surface area (Å²) >= 11 is 2.28. The number of likely N-dealkylation sites (tertiary alicyclic amines) is 1. The van der Waals surface area contributed by atoms with Gasteiger partial charge in [0.1, 0.15) is 12.4 Å². The van der Waals surface area contributed by atoms with Crippen LogP contribution in [-0.2, 0) is 0 Å². The van der Waals surface area contributed by atoms with Gasteiger partial charge in [-0.1, -0.05) is 0 Å². The minimum atomic E-state index is -2.72. The molecule has 2 saturated heterocycles. The summed E-state index contributed by atoms with van der Waals surface area (Å²) in [4.78, 5) is 32.1. The minimum Gasteiger partial charge on any atom is -0.490 e. The number of benzene rings is 2. The number of carbonyl (C=O) groups excluding carboxylic acids is 2. The Morgan fingerprint density at radius 2 is 1.61 bits per heavy atom. The van der Waals surface area contributed by atoms with E-state index in [2.05, 4.69) is 38.9 Å². The first-order chi connectivity index (χ1) is 18.2. The van der Waals surface area contributed by atoms with Gasteiger partial charge in [-0.05, 0) is 90.1 Å². The first kappa shape index (κ1) is 25.6. The number of carbonyl (C=O) groups is 2. The number of amides is 3. The van der Waals surface area contributed by atoms with E-state index < -0.39 is 5.92 Å². The number of ether oxygens (including phenoxy) is 1. The van der Waals surface area contributed by atoms with Gasteiger partial charge >= 0.3 is 6.03 Å². The Hall–Kier alpha value is -2.63. The Labute approximate surface area is 234 Å². The topological polar surface area (TPSA) is 65.1 Å².